The maximum atomic E-state index is 12.7. The molecule has 4 nitrogen and oxygen atoms in total. The van der Waals surface area contributed by atoms with Crippen LogP contribution in [0.5, 0.6) is 0 Å². The van der Waals surface area contributed by atoms with Crippen LogP contribution in [0.4, 0.5) is 0 Å². The molecule has 1 aromatic rings. The molecule has 2 rings (SSSR count). The zero-order valence-electron chi connectivity index (χ0n) is 13.8. The van der Waals surface area contributed by atoms with Crippen molar-refractivity contribution in [2.24, 2.45) is 0 Å². The monoisotopic (exact) mass is 486 g/mol. The largest absolute Gasteiger partial charge is 0.301 e. The normalized spacial score (nSPS) is 21.7. The van der Waals surface area contributed by atoms with Gasteiger partial charge in [0.25, 0.3) is 10.0 Å². The van der Waals surface area contributed by atoms with Crippen molar-refractivity contribution in [1.82, 2.24) is 9.21 Å². The zero-order chi connectivity index (χ0) is 17.2. The third kappa shape index (κ3) is 4.79. The molecule has 1 aromatic heterocycles. The van der Waals surface area contributed by atoms with Gasteiger partial charge in [0.05, 0.1) is 3.79 Å². The average Bonchev–Trinajstić information content (AvgIpc) is 2.85. The molecule has 0 bridgehead atoms. The Kier molecular flexibility index (Phi) is 7.14. The third-order valence-corrected chi connectivity index (χ3v) is 10.3. The second-order valence-electron chi connectivity index (χ2n) is 6.23. The van der Waals surface area contributed by atoms with Gasteiger partial charge in [-0.25, -0.2) is 8.42 Å². The molecule has 0 amide bonds. The van der Waals surface area contributed by atoms with E-state index in [4.69, 9.17) is 0 Å². The molecule has 1 saturated heterocycles. The lowest BCUT2D eigenvalue weighted by molar-refractivity contribution is 0.149. The Morgan fingerprint density at radius 3 is 2.70 bits per heavy atom. The highest BCUT2D eigenvalue weighted by Crippen LogP contribution is 2.36. The maximum Gasteiger partial charge on any atom is 0.252 e. The van der Waals surface area contributed by atoms with E-state index in [-0.39, 0.29) is 6.04 Å². The second-order valence-corrected chi connectivity index (χ2v) is 11.7. The van der Waals surface area contributed by atoms with Crippen LogP contribution in [-0.2, 0) is 10.0 Å². The summed E-state index contributed by atoms with van der Waals surface area (Å²) in [6.07, 6.45) is 4.67. The Morgan fingerprint density at radius 1 is 1.43 bits per heavy atom. The predicted octanol–water partition coefficient (Wildman–Crippen LogP) is 4.55. The highest BCUT2D eigenvalue weighted by molar-refractivity contribution is 9.13. The molecule has 132 valence electrons. The number of hydrogen-bond donors (Lipinski definition) is 0. The Balaban J connectivity index is 1.99. The van der Waals surface area contributed by atoms with E-state index in [2.05, 4.69) is 43.7 Å². The van der Waals surface area contributed by atoms with Crippen molar-refractivity contribution < 1.29 is 8.42 Å². The lowest BCUT2D eigenvalue weighted by atomic mass is 10.0. The topological polar surface area (TPSA) is 40.6 Å². The fraction of sp³-hybridized carbons (Fsp3) is 0.733. The number of piperidine rings is 1. The summed E-state index contributed by atoms with van der Waals surface area (Å²) in [5.74, 6) is 0. The van der Waals surface area contributed by atoms with E-state index in [1.807, 2.05) is 6.92 Å². The minimum Gasteiger partial charge on any atom is -0.301 e. The Labute approximate surface area is 160 Å². The quantitative estimate of drug-likeness (QED) is 0.591. The minimum absolute atomic E-state index is 0.0197. The van der Waals surface area contributed by atoms with Crippen LogP contribution in [0.25, 0.3) is 0 Å². The molecule has 0 aliphatic carbocycles. The summed E-state index contributed by atoms with van der Waals surface area (Å²) >= 11 is 7.97. The molecule has 2 heterocycles. The molecule has 0 saturated carbocycles. The molecule has 2 atom stereocenters. The van der Waals surface area contributed by atoms with Gasteiger partial charge in [0.2, 0.25) is 0 Å². The number of nitrogens with zero attached hydrogens (tertiary/aromatic N) is 2. The fourth-order valence-corrected chi connectivity index (χ4v) is 7.25. The van der Waals surface area contributed by atoms with Crippen LogP contribution in [0.15, 0.2) is 18.5 Å². The van der Waals surface area contributed by atoms with Crippen molar-refractivity contribution in [3.05, 3.63) is 14.3 Å². The average molecular weight is 488 g/mol. The van der Waals surface area contributed by atoms with Crippen LogP contribution in [0.3, 0.4) is 0 Å². The Morgan fingerprint density at radius 2 is 2.13 bits per heavy atom. The van der Waals surface area contributed by atoms with Crippen LogP contribution in [-0.4, -0.2) is 49.8 Å². The van der Waals surface area contributed by atoms with Crippen molar-refractivity contribution in [3.8, 4) is 0 Å². The van der Waals surface area contributed by atoms with E-state index in [0.717, 1.165) is 27.8 Å². The molecular formula is C15H24Br2N2O2S2. The van der Waals surface area contributed by atoms with Crippen molar-refractivity contribution in [2.45, 2.75) is 55.8 Å². The van der Waals surface area contributed by atoms with Gasteiger partial charge in [-0.2, -0.15) is 4.31 Å². The number of sulfonamides is 1. The van der Waals surface area contributed by atoms with Crippen molar-refractivity contribution in [2.75, 3.05) is 20.1 Å². The van der Waals surface area contributed by atoms with Gasteiger partial charge in [0.1, 0.15) is 4.21 Å². The van der Waals surface area contributed by atoms with Crippen LogP contribution in [0.2, 0.25) is 0 Å². The molecule has 8 heteroatoms. The van der Waals surface area contributed by atoms with E-state index in [0.29, 0.717) is 10.3 Å². The molecule has 1 aliphatic rings. The van der Waals surface area contributed by atoms with Gasteiger partial charge >= 0.3 is 0 Å². The molecule has 0 N–H and O–H groups in total. The van der Waals surface area contributed by atoms with Crippen molar-refractivity contribution >= 4 is 53.2 Å². The molecule has 0 radical (unpaired) electrons. The summed E-state index contributed by atoms with van der Waals surface area (Å²) in [6.45, 7) is 6.35. The van der Waals surface area contributed by atoms with Gasteiger partial charge < -0.3 is 4.90 Å². The third-order valence-electron chi connectivity index (χ3n) is 4.65. The molecule has 23 heavy (non-hydrogen) atoms. The molecule has 1 unspecified atom stereocenters. The van der Waals surface area contributed by atoms with Gasteiger partial charge in [0.15, 0.2) is 0 Å². The second kappa shape index (κ2) is 8.27. The van der Waals surface area contributed by atoms with Gasteiger partial charge in [-0.1, -0.05) is 6.42 Å². The maximum absolute atomic E-state index is 12.7. The molecule has 0 aromatic carbocycles. The highest BCUT2D eigenvalue weighted by Gasteiger charge is 2.28. The van der Waals surface area contributed by atoms with E-state index in [1.54, 1.807) is 13.1 Å². The first-order valence-corrected chi connectivity index (χ1v) is 11.7. The Hall–Kier alpha value is 0.530. The molecule has 0 spiro atoms. The summed E-state index contributed by atoms with van der Waals surface area (Å²) in [7, 11) is -1.75. The lowest BCUT2D eigenvalue weighted by Crippen LogP contribution is -2.42. The van der Waals surface area contributed by atoms with E-state index in [1.165, 1.54) is 34.9 Å². The van der Waals surface area contributed by atoms with E-state index in [9.17, 15) is 8.42 Å². The first-order chi connectivity index (χ1) is 10.7. The summed E-state index contributed by atoms with van der Waals surface area (Å²) in [6, 6.07) is 2.26. The molecule has 1 aliphatic heterocycles. The highest BCUT2D eigenvalue weighted by atomic mass is 79.9. The summed E-state index contributed by atoms with van der Waals surface area (Å²) in [5.41, 5.74) is 0. The van der Waals surface area contributed by atoms with Crippen LogP contribution < -0.4 is 0 Å². The fourth-order valence-electron chi connectivity index (χ4n) is 2.86. The summed E-state index contributed by atoms with van der Waals surface area (Å²) in [5, 5.41) is 0. The first-order valence-electron chi connectivity index (χ1n) is 7.90. The lowest BCUT2D eigenvalue weighted by Gasteiger charge is -2.34. The smallest absolute Gasteiger partial charge is 0.252 e. The number of halogens is 2. The number of thiophene rings is 1. The van der Waals surface area contributed by atoms with Gasteiger partial charge in [-0.3, -0.25) is 0 Å². The number of hydrogen-bond acceptors (Lipinski definition) is 4. The standard InChI is InChI=1S/C15H24Br2N2O2S2/c1-11(7-9-19-8-5-4-6-12(19)2)18(3)23(20,21)14-10-13(16)15(17)22-14/h10-12H,4-9H2,1-3H3/t11?,12-/m1/s1. The van der Waals surface area contributed by atoms with Crippen LogP contribution in [0.1, 0.15) is 39.5 Å². The van der Waals surface area contributed by atoms with Crippen molar-refractivity contribution in [1.29, 1.82) is 0 Å². The van der Waals surface area contributed by atoms with E-state index < -0.39 is 10.0 Å². The zero-order valence-corrected chi connectivity index (χ0v) is 18.6. The SMILES string of the molecule is CC(CCN1CCCC[C@H]1C)N(C)S(=O)(=O)c1cc(Br)c(Br)s1. The van der Waals surface area contributed by atoms with Crippen molar-refractivity contribution in [3.63, 3.8) is 0 Å². The number of rotatable bonds is 6. The van der Waals surface area contributed by atoms with Gasteiger partial charge in [-0.15, -0.1) is 11.3 Å². The number of likely N-dealkylation sites (tertiary alicyclic amines) is 1. The van der Waals surface area contributed by atoms with E-state index >= 15 is 0 Å². The van der Waals surface area contributed by atoms with Crippen LogP contribution >= 0.6 is 43.2 Å². The summed E-state index contributed by atoms with van der Waals surface area (Å²) in [4.78, 5) is 2.48. The molecular weight excluding hydrogens is 464 g/mol. The minimum atomic E-state index is -3.43. The summed E-state index contributed by atoms with van der Waals surface area (Å²) < 4.78 is 28.9. The van der Waals surface area contributed by atoms with Gasteiger partial charge in [-0.05, 0) is 84.1 Å². The predicted molar refractivity (Wildman–Crippen MR) is 104 cm³/mol. The Bertz CT molecular complexity index is 614. The molecule has 1 fully saturated rings. The van der Waals surface area contributed by atoms with Crippen LogP contribution in [0, 0.1) is 0 Å². The first kappa shape index (κ1) is 19.8. The van der Waals surface area contributed by atoms with Gasteiger partial charge in [0, 0.05) is 23.6 Å².